The highest BCUT2D eigenvalue weighted by Crippen LogP contribution is 2.26. The lowest BCUT2D eigenvalue weighted by Crippen LogP contribution is -2.36. The van der Waals surface area contributed by atoms with E-state index in [4.69, 9.17) is 4.74 Å². The number of rotatable bonds is 8. The summed E-state index contributed by atoms with van der Waals surface area (Å²) in [5.41, 5.74) is 4.34. The molecular weight excluding hydrogens is 334 g/mol. The lowest BCUT2D eigenvalue weighted by molar-refractivity contribution is -0.131. The minimum Gasteiger partial charge on any atom is -0.426 e. The van der Waals surface area contributed by atoms with Crippen molar-refractivity contribution < 1.29 is 14.6 Å². The van der Waals surface area contributed by atoms with Gasteiger partial charge in [-0.25, -0.2) is 0 Å². The second-order valence-corrected chi connectivity index (χ2v) is 7.21. The van der Waals surface area contributed by atoms with Gasteiger partial charge in [0.1, 0.15) is 5.75 Å². The van der Waals surface area contributed by atoms with Gasteiger partial charge in [-0.1, -0.05) is 19.1 Å². The Morgan fingerprint density at radius 3 is 2.36 bits per heavy atom. The molecule has 1 aromatic carbocycles. The first-order chi connectivity index (χ1) is 11.9. The fraction of sp³-hybridized carbons (Fsp3) is 0.450. The van der Waals surface area contributed by atoms with Crippen LogP contribution in [0.3, 0.4) is 0 Å². The summed E-state index contributed by atoms with van der Waals surface area (Å²) in [6, 6.07) is 6.38. The standard InChI is InChI=1S/C20H27NO3S/c1-5-19(12-22)21(10-17-6-7-25-13-17)11-18-8-14(2)20(15(3)9-18)24-16(4)23/h6-9,13,19,22H,5,10-12H2,1-4H3/t19-/m0/s1. The maximum absolute atomic E-state index is 11.3. The second kappa shape index (κ2) is 9.13. The number of hydrogen-bond acceptors (Lipinski definition) is 5. The maximum Gasteiger partial charge on any atom is 0.308 e. The molecule has 2 rings (SSSR count). The average molecular weight is 362 g/mol. The summed E-state index contributed by atoms with van der Waals surface area (Å²) in [6.07, 6.45) is 0.893. The van der Waals surface area contributed by atoms with Crippen LogP contribution in [0.4, 0.5) is 0 Å². The van der Waals surface area contributed by atoms with Gasteiger partial charge in [0.25, 0.3) is 0 Å². The Morgan fingerprint density at radius 1 is 1.24 bits per heavy atom. The first kappa shape index (κ1) is 19.6. The Hall–Kier alpha value is -1.69. The number of aryl methyl sites for hydroxylation is 2. The van der Waals surface area contributed by atoms with E-state index in [1.54, 1.807) is 11.3 Å². The molecule has 0 aliphatic rings. The molecule has 1 heterocycles. The molecule has 1 aromatic heterocycles. The molecule has 25 heavy (non-hydrogen) atoms. The number of nitrogens with zero attached hydrogens (tertiary/aromatic N) is 1. The largest absolute Gasteiger partial charge is 0.426 e. The van der Waals surface area contributed by atoms with E-state index < -0.39 is 0 Å². The highest BCUT2D eigenvalue weighted by molar-refractivity contribution is 7.07. The smallest absolute Gasteiger partial charge is 0.308 e. The Morgan fingerprint density at radius 2 is 1.88 bits per heavy atom. The van der Waals surface area contributed by atoms with Gasteiger partial charge in [0, 0.05) is 26.1 Å². The Labute approximate surface area is 154 Å². The average Bonchev–Trinajstić information content (AvgIpc) is 3.05. The maximum atomic E-state index is 11.3. The van der Waals surface area contributed by atoms with Gasteiger partial charge in [-0.05, 0) is 59.3 Å². The van der Waals surface area contributed by atoms with E-state index in [-0.39, 0.29) is 18.6 Å². The Balaban J connectivity index is 2.24. The third-order valence-corrected chi connectivity index (χ3v) is 5.05. The lowest BCUT2D eigenvalue weighted by Gasteiger charge is -2.30. The molecule has 1 N–H and O–H groups in total. The van der Waals surface area contributed by atoms with Gasteiger partial charge < -0.3 is 9.84 Å². The molecule has 2 aromatic rings. The molecule has 5 heteroatoms. The zero-order valence-corrected chi connectivity index (χ0v) is 16.2. The summed E-state index contributed by atoms with van der Waals surface area (Å²) < 4.78 is 5.32. The van der Waals surface area contributed by atoms with Crippen LogP contribution in [0.1, 0.15) is 42.5 Å². The van der Waals surface area contributed by atoms with Crippen molar-refractivity contribution in [2.24, 2.45) is 0 Å². The van der Waals surface area contributed by atoms with E-state index in [0.29, 0.717) is 5.75 Å². The predicted molar refractivity (Wildman–Crippen MR) is 102 cm³/mol. The third kappa shape index (κ3) is 5.39. The van der Waals surface area contributed by atoms with Gasteiger partial charge in [-0.15, -0.1) is 0 Å². The number of benzene rings is 1. The number of ether oxygens (including phenoxy) is 1. The minimum atomic E-state index is -0.302. The van der Waals surface area contributed by atoms with Crippen LogP contribution in [-0.2, 0) is 17.9 Å². The number of carbonyl (C=O) groups is 1. The third-order valence-electron chi connectivity index (χ3n) is 4.32. The molecule has 4 nitrogen and oxygen atoms in total. The summed E-state index contributed by atoms with van der Waals surface area (Å²) >= 11 is 1.69. The molecule has 136 valence electrons. The molecule has 0 radical (unpaired) electrons. The van der Waals surface area contributed by atoms with Crippen molar-refractivity contribution in [1.29, 1.82) is 0 Å². The van der Waals surface area contributed by atoms with Crippen LogP contribution in [0.25, 0.3) is 0 Å². The van der Waals surface area contributed by atoms with Crippen molar-refractivity contribution in [1.82, 2.24) is 4.90 Å². The van der Waals surface area contributed by atoms with E-state index in [1.165, 1.54) is 12.5 Å². The van der Waals surface area contributed by atoms with Gasteiger partial charge in [0.05, 0.1) is 6.61 Å². The molecule has 0 saturated carbocycles. The van der Waals surface area contributed by atoms with Crippen molar-refractivity contribution >= 4 is 17.3 Å². The fourth-order valence-corrected chi connectivity index (χ4v) is 3.76. The van der Waals surface area contributed by atoms with Crippen LogP contribution in [0, 0.1) is 13.8 Å². The van der Waals surface area contributed by atoms with Crippen LogP contribution in [0.5, 0.6) is 5.75 Å². The Kier molecular flexibility index (Phi) is 7.17. The minimum absolute atomic E-state index is 0.119. The lowest BCUT2D eigenvalue weighted by atomic mass is 10.0. The summed E-state index contributed by atoms with van der Waals surface area (Å²) in [5, 5.41) is 14.0. The van der Waals surface area contributed by atoms with Gasteiger partial charge >= 0.3 is 5.97 Å². The number of carbonyl (C=O) groups excluding carboxylic acids is 1. The van der Waals surface area contributed by atoms with Crippen molar-refractivity contribution in [3.63, 3.8) is 0 Å². The molecular formula is C20H27NO3S. The van der Waals surface area contributed by atoms with Crippen LogP contribution in [0.2, 0.25) is 0 Å². The molecule has 0 bridgehead atoms. The zero-order chi connectivity index (χ0) is 18.4. The van der Waals surface area contributed by atoms with Crippen LogP contribution < -0.4 is 4.74 Å². The van der Waals surface area contributed by atoms with E-state index >= 15 is 0 Å². The number of esters is 1. The molecule has 0 aliphatic heterocycles. The number of hydrogen-bond donors (Lipinski definition) is 1. The van der Waals surface area contributed by atoms with Gasteiger partial charge in [0.2, 0.25) is 0 Å². The molecule has 0 aliphatic carbocycles. The number of aliphatic hydroxyl groups is 1. The van der Waals surface area contributed by atoms with Gasteiger partial charge in [-0.3, -0.25) is 9.69 Å². The fourth-order valence-electron chi connectivity index (χ4n) is 3.10. The van der Waals surface area contributed by atoms with Crippen LogP contribution in [0.15, 0.2) is 29.0 Å². The molecule has 0 amide bonds. The van der Waals surface area contributed by atoms with E-state index in [0.717, 1.165) is 36.2 Å². The molecule has 0 saturated heterocycles. The van der Waals surface area contributed by atoms with Crippen molar-refractivity contribution in [2.45, 2.75) is 53.2 Å². The van der Waals surface area contributed by atoms with E-state index in [1.807, 2.05) is 13.8 Å². The summed E-state index contributed by atoms with van der Waals surface area (Å²) in [5.74, 6) is 0.346. The number of aliphatic hydroxyl groups excluding tert-OH is 1. The van der Waals surface area contributed by atoms with Crippen molar-refractivity contribution in [2.75, 3.05) is 6.61 Å². The predicted octanol–water partition coefficient (Wildman–Crippen LogP) is 4.06. The monoisotopic (exact) mass is 361 g/mol. The topological polar surface area (TPSA) is 49.8 Å². The second-order valence-electron chi connectivity index (χ2n) is 6.43. The number of thiophene rings is 1. The van der Waals surface area contributed by atoms with E-state index in [2.05, 4.69) is 40.8 Å². The highest BCUT2D eigenvalue weighted by atomic mass is 32.1. The normalized spacial score (nSPS) is 12.4. The van der Waals surface area contributed by atoms with E-state index in [9.17, 15) is 9.90 Å². The summed E-state index contributed by atoms with van der Waals surface area (Å²) in [4.78, 5) is 13.6. The van der Waals surface area contributed by atoms with Gasteiger partial charge in [0.15, 0.2) is 0 Å². The van der Waals surface area contributed by atoms with Crippen molar-refractivity contribution in [3.05, 3.63) is 51.2 Å². The van der Waals surface area contributed by atoms with Crippen LogP contribution in [-0.4, -0.2) is 28.6 Å². The quantitative estimate of drug-likeness (QED) is 0.569. The highest BCUT2D eigenvalue weighted by Gasteiger charge is 2.18. The molecule has 0 unspecified atom stereocenters. The summed E-state index contributed by atoms with van der Waals surface area (Å²) in [6.45, 7) is 9.14. The Bertz CT molecular complexity index is 670. The van der Waals surface area contributed by atoms with Gasteiger partial charge in [-0.2, -0.15) is 11.3 Å². The first-order valence-electron chi connectivity index (χ1n) is 8.59. The van der Waals surface area contributed by atoms with Crippen LogP contribution >= 0.6 is 11.3 Å². The molecule has 0 fully saturated rings. The summed E-state index contributed by atoms with van der Waals surface area (Å²) in [7, 11) is 0. The zero-order valence-electron chi connectivity index (χ0n) is 15.4. The molecule has 0 spiro atoms. The first-order valence-corrected chi connectivity index (χ1v) is 9.53. The molecule has 1 atom stereocenters. The SMILES string of the molecule is CC[C@@H](CO)N(Cc1ccsc1)Cc1cc(C)c(OC(C)=O)c(C)c1. The van der Waals surface area contributed by atoms with Crippen molar-refractivity contribution in [3.8, 4) is 5.75 Å².